The van der Waals surface area contributed by atoms with E-state index in [1.165, 1.54) is 0 Å². The third-order valence-electron chi connectivity index (χ3n) is 3.97. The third kappa shape index (κ3) is 2.46. The first-order valence-electron chi connectivity index (χ1n) is 6.95. The Morgan fingerprint density at radius 2 is 2.10 bits per heavy atom. The van der Waals surface area contributed by atoms with Gasteiger partial charge in [-0.3, -0.25) is 9.59 Å². The van der Waals surface area contributed by atoms with E-state index in [0.717, 1.165) is 16.5 Å². The topological polar surface area (TPSA) is 70.5 Å². The molecule has 1 aliphatic rings. The van der Waals surface area contributed by atoms with Crippen LogP contribution in [0.25, 0.3) is 10.9 Å². The number of benzene rings is 1. The smallest absolute Gasteiger partial charge is 0.308 e. The molecule has 0 aliphatic carbocycles. The summed E-state index contributed by atoms with van der Waals surface area (Å²) in [6.45, 7) is 2.69. The Kier molecular flexibility index (Phi) is 3.33. The summed E-state index contributed by atoms with van der Waals surface area (Å²) in [6.07, 6.45) is 0.508. The van der Waals surface area contributed by atoms with Crippen LogP contribution in [-0.2, 0) is 4.79 Å². The van der Waals surface area contributed by atoms with Crippen LogP contribution in [-0.4, -0.2) is 40.0 Å². The number of amides is 1. The molecule has 21 heavy (non-hydrogen) atoms. The molecule has 1 saturated heterocycles. The lowest BCUT2D eigenvalue weighted by Crippen LogP contribution is -2.30. The molecular weight excluding hydrogens is 268 g/mol. The summed E-state index contributed by atoms with van der Waals surface area (Å²) in [5, 5.41) is 10.0. The maximum atomic E-state index is 12.5. The van der Waals surface area contributed by atoms with Crippen molar-refractivity contribution < 1.29 is 14.7 Å². The highest BCUT2D eigenvalue weighted by Gasteiger charge is 2.31. The van der Waals surface area contributed by atoms with Gasteiger partial charge in [0.25, 0.3) is 5.91 Å². The average molecular weight is 284 g/mol. The Balaban J connectivity index is 1.90. The van der Waals surface area contributed by atoms with Gasteiger partial charge in [-0.25, -0.2) is 4.98 Å². The minimum absolute atomic E-state index is 0.187. The van der Waals surface area contributed by atoms with Gasteiger partial charge in [0.15, 0.2) is 0 Å². The summed E-state index contributed by atoms with van der Waals surface area (Å²) in [4.78, 5) is 29.5. The van der Waals surface area contributed by atoms with Crippen molar-refractivity contribution in [2.24, 2.45) is 5.92 Å². The summed E-state index contributed by atoms with van der Waals surface area (Å²) in [7, 11) is 0. The Morgan fingerprint density at radius 1 is 1.33 bits per heavy atom. The molecule has 1 amide bonds. The van der Waals surface area contributed by atoms with Gasteiger partial charge >= 0.3 is 5.97 Å². The van der Waals surface area contributed by atoms with Crippen LogP contribution in [0.2, 0.25) is 0 Å². The zero-order valence-electron chi connectivity index (χ0n) is 11.7. The van der Waals surface area contributed by atoms with Gasteiger partial charge in [-0.05, 0) is 31.0 Å². The highest BCUT2D eigenvalue weighted by atomic mass is 16.4. The molecule has 0 unspecified atom stereocenters. The van der Waals surface area contributed by atoms with Crippen LogP contribution in [0.5, 0.6) is 0 Å². The fourth-order valence-electron chi connectivity index (χ4n) is 2.77. The number of likely N-dealkylation sites (tertiary alicyclic amines) is 1. The molecular formula is C16H16N2O3. The molecule has 0 radical (unpaired) electrons. The minimum Gasteiger partial charge on any atom is -0.481 e. The number of para-hydroxylation sites is 1. The lowest BCUT2D eigenvalue weighted by Gasteiger charge is -2.16. The standard InChI is InChI=1S/C16H16N2O3/c1-10-8-14(17-13-5-3-2-4-12(10)13)15(19)18-7-6-11(9-18)16(20)21/h2-5,8,11H,6-7,9H2,1H3,(H,20,21)/t11-/m1/s1. The van der Waals surface area contributed by atoms with Crippen molar-refractivity contribution in [2.75, 3.05) is 13.1 Å². The zero-order chi connectivity index (χ0) is 15.0. The van der Waals surface area contributed by atoms with Crippen molar-refractivity contribution in [1.29, 1.82) is 0 Å². The number of nitrogens with zero attached hydrogens (tertiary/aromatic N) is 2. The molecule has 0 saturated carbocycles. The summed E-state index contributed by atoms with van der Waals surface area (Å²) in [5.41, 5.74) is 2.17. The van der Waals surface area contributed by atoms with Crippen LogP contribution in [0.15, 0.2) is 30.3 Å². The van der Waals surface area contributed by atoms with E-state index in [0.29, 0.717) is 18.7 Å². The molecule has 1 aliphatic heterocycles. The number of aliphatic carboxylic acids is 1. The van der Waals surface area contributed by atoms with Gasteiger partial charge < -0.3 is 10.0 Å². The van der Waals surface area contributed by atoms with Crippen LogP contribution in [0.3, 0.4) is 0 Å². The number of carbonyl (C=O) groups is 2. The second-order valence-electron chi connectivity index (χ2n) is 5.42. The van der Waals surface area contributed by atoms with Crippen molar-refractivity contribution in [3.63, 3.8) is 0 Å². The third-order valence-corrected chi connectivity index (χ3v) is 3.97. The molecule has 2 aromatic rings. The molecule has 3 rings (SSSR count). The number of aromatic nitrogens is 1. The molecule has 1 fully saturated rings. The largest absolute Gasteiger partial charge is 0.481 e. The summed E-state index contributed by atoms with van der Waals surface area (Å²) in [5.74, 6) is -1.49. The Hall–Kier alpha value is -2.43. The highest BCUT2D eigenvalue weighted by Crippen LogP contribution is 2.21. The number of pyridine rings is 1. The van der Waals surface area contributed by atoms with Gasteiger partial charge in [0.1, 0.15) is 5.69 Å². The van der Waals surface area contributed by atoms with Gasteiger partial charge in [0.05, 0.1) is 11.4 Å². The fourth-order valence-corrected chi connectivity index (χ4v) is 2.77. The van der Waals surface area contributed by atoms with Crippen molar-refractivity contribution in [1.82, 2.24) is 9.88 Å². The van der Waals surface area contributed by atoms with E-state index in [-0.39, 0.29) is 12.5 Å². The average Bonchev–Trinajstić information content (AvgIpc) is 2.96. The zero-order valence-corrected chi connectivity index (χ0v) is 11.7. The van der Waals surface area contributed by atoms with Gasteiger partial charge in [-0.15, -0.1) is 0 Å². The SMILES string of the molecule is Cc1cc(C(=O)N2CC[C@@H](C(=O)O)C2)nc2ccccc12. The van der Waals surface area contributed by atoms with Gasteiger partial charge in [-0.2, -0.15) is 0 Å². The number of hydrogen-bond donors (Lipinski definition) is 1. The van der Waals surface area contributed by atoms with E-state index < -0.39 is 11.9 Å². The van der Waals surface area contributed by atoms with Gasteiger partial charge in [-0.1, -0.05) is 18.2 Å². The molecule has 1 atom stereocenters. The highest BCUT2D eigenvalue weighted by molar-refractivity contribution is 5.96. The molecule has 108 valence electrons. The van der Waals surface area contributed by atoms with Crippen molar-refractivity contribution in [3.8, 4) is 0 Å². The van der Waals surface area contributed by atoms with Crippen molar-refractivity contribution in [3.05, 3.63) is 41.6 Å². The molecule has 5 nitrogen and oxygen atoms in total. The number of rotatable bonds is 2. The minimum atomic E-state index is -0.840. The van der Waals surface area contributed by atoms with Crippen LogP contribution in [0.4, 0.5) is 0 Å². The van der Waals surface area contributed by atoms with Crippen LogP contribution < -0.4 is 0 Å². The number of hydrogen-bond acceptors (Lipinski definition) is 3. The normalized spacial score (nSPS) is 18.1. The van der Waals surface area contributed by atoms with E-state index in [2.05, 4.69) is 4.98 Å². The molecule has 0 bridgehead atoms. The van der Waals surface area contributed by atoms with Gasteiger partial charge in [0, 0.05) is 18.5 Å². The summed E-state index contributed by atoms with van der Waals surface area (Å²) >= 11 is 0. The van der Waals surface area contributed by atoms with Crippen molar-refractivity contribution >= 4 is 22.8 Å². The molecule has 1 aromatic heterocycles. The second-order valence-corrected chi connectivity index (χ2v) is 5.42. The van der Waals surface area contributed by atoms with E-state index in [1.807, 2.05) is 31.2 Å². The Bertz CT molecular complexity index is 727. The van der Waals surface area contributed by atoms with Crippen LogP contribution >= 0.6 is 0 Å². The number of fused-ring (bicyclic) bond motifs is 1. The molecule has 2 heterocycles. The number of carboxylic acids is 1. The van der Waals surface area contributed by atoms with E-state index >= 15 is 0 Å². The molecule has 5 heteroatoms. The lowest BCUT2D eigenvalue weighted by molar-refractivity contribution is -0.141. The monoisotopic (exact) mass is 284 g/mol. The lowest BCUT2D eigenvalue weighted by atomic mass is 10.1. The molecule has 1 N–H and O–H groups in total. The number of carboxylic acid groups (broad SMARTS) is 1. The van der Waals surface area contributed by atoms with Gasteiger partial charge in [0.2, 0.25) is 0 Å². The molecule has 0 spiro atoms. The van der Waals surface area contributed by atoms with Crippen LogP contribution in [0.1, 0.15) is 22.5 Å². The maximum Gasteiger partial charge on any atom is 0.308 e. The first-order chi connectivity index (χ1) is 10.1. The number of carbonyl (C=O) groups excluding carboxylic acids is 1. The number of aryl methyl sites for hydroxylation is 1. The summed E-state index contributed by atoms with van der Waals surface area (Å²) in [6, 6.07) is 9.46. The summed E-state index contributed by atoms with van der Waals surface area (Å²) < 4.78 is 0. The van der Waals surface area contributed by atoms with E-state index in [4.69, 9.17) is 5.11 Å². The van der Waals surface area contributed by atoms with Crippen molar-refractivity contribution in [2.45, 2.75) is 13.3 Å². The first kappa shape index (κ1) is 13.5. The predicted molar refractivity (Wildman–Crippen MR) is 78.1 cm³/mol. The molecule has 1 aromatic carbocycles. The van der Waals surface area contributed by atoms with E-state index in [1.54, 1.807) is 11.0 Å². The Labute approximate surface area is 122 Å². The van der Waals surface area contributed by atoms with Crippen LogP contribution in [0, 0.1) is 12.8 Å². The maximum absolute atomic E-state index is 12.5. The fraction of sp³-hybridized carbons (Fsp3) is 0.312. The second kappa shape index (κ2) is 5.16. The predicted octanol–water partition coefficient (Wildman–Crippen LogP) is 2.09. The van der Waals surface area contributed by atoms with E-state index in [9.17, 15) is 9.59 Å². The Morgan fingerprint density at radius 3 is 2.81 bits per heavy atom. The first-order valence-corrected chi connectivity index (χ1v) is 6.95. The quantitative estimate of drug-likeness (QED) is 0.916.